The number of likely N-dealkylation sites (tertiary alicyclic amines) is 1. The molecule has 0 aliphatic carbocycles. The van der Waals surface area contributed by atoms with E-state index in [0.717, 1.165) is 24.6 Å². The van der Waals surface area contributed by atoms with Gasteiger partial charge < -0.3 is 10.0 Å². The summed E-state index contributed by atoms with van der Waals surface area (Å²) in [6, 6.07) is 2.62. The second kappa shape index (κ2) is 5.54. The molecule has 1 aliphatic heterocycles. The zero-order valence-corrected chi connectivity index (χ0v) is 11.0. The van der Waals surface area contributed by atoms with Crippen LogP contribution in [0.3, 0.4) is 0 Å². The Bertz CT molecular complexity index is 549. The third kappa shape index (κ3) is 2.49. The minimum absolute atomic E-state index is 0.144. The summed E-state index contributed by atoms with van der Waals surface area (Å²) in [6.07, 6.45) is 0.742. The van der Waals surface area contributed by atoms with Gasteiger partial charge in [-0.1, -0.05) is 6.92 Å². The van der Waals surface area contributed by atoms with Crippen LogP contribution in [0.1, 0.15) is 23.7 Å². The van der Waals surface area contributed by atoms with Crippen molar-refractivity contribution in [2.24, 2.45) is 5.92 Å². The van der Waals surface area contributed by atoms with Gasteiger partial charge in [0.1, 0.15) is 5.82 Å². The van der Waals surface area contributed by atoms with E-state index >= 15 is 0 Å². The highest BCUT2D eigenvalue weighted by molar-refractivity contribution is 5.95. The first kappa shape index (κ1) is 14.4. The Morgan fingerprint density at radius 1 is 1.60 bits per heavy atom. The second-order valence-electron chi connectivity index (χ2n) is 4.94. The Morgan fingerprint density at radius 3 is 2.85 bits per heavy atom. The SMILES string of the molecule is CC1CCN(C(=O)c2ccc([N+](=O)[O-])cc2F)C1CO. The lowest BCUT2D eigenvalue weighted by atomic mass is 10.0. The average molecular weight is 282 g/mol. The molecule has 1 aromatic carbocycles. The molecule has 2 atom stereocenters. The highest BCUT2D eigenvalue weighted by atomic mass is 19.1. The zero-order chi connectivity index (χ0) is 14.9. The molecule has 1 heterocycles. The molecule has 20 heavy (non-hydrogen) atoms. The number of nitrogens with zero attached hydrogens (tertiary/aromatic N) is 2. The molecule has 1 N–H and O–H groups in total. The highest BCUT2D eigenvalue weighted by Gasteiger charge is 2.35. The van der Waals surface area contributed by atoms with Crippen LogP contribution in [0.5, 0.6) is 0 Å². The third-order valence-electron chi connectivity index (χ3n) is 3.72. The van der Waals surface area contributed by atoms with E-state index < -0.39 is 22.3 Å². The number of hydrogen-bond donors (Lipinski definition) is 1. The number of carbonyl (C=O) groups is 1. The highest BCUT2D eigenvalue weighted by Crippen LogP contribution is 2.26. The largest absolute Gasteiger partial charge is 0.394 e. The van der Waals surface area contributed by atoms with E-state index in [1.807, 2.05) is 6.92 Å². The van der Waals surface area contributed by atoms with E-state index in [2.05, 4.69) is 0 Å². The molecule has 0 radical (unpaired) electrons. The maximum atomic E-state index is 13.8. The van der Waals surface area contributed by atoms with Gasteiger partial charge in [-0.2, -0.15) is 0 Å². The van der Waals surface area contributed by atoms with E-state index in [0.29, 0.717) is 6.54 Å². The molecular formula is C13H15FN2O4. The first-order valence-corrected chi connectivity index (χ1v) is 6.31. The summed E-state index contributed by atoms with van der Waals surface area (Å²) < 4.78 is 13.8. The normalized spacial score (nSPS) is 22.1. The van der Waals surface area contributed by atoms with Crippen LogP contribution in [0.25, 0.3) is 0 Å². The molecular weight excluding hydrogens is 267 g/mol. The van der Waals surface area contributed by atoms with Crippen LogP contribution in [0.4, 0.5) is 10.1 Å². The molecule has 0 aromatic heterocycles. The summed E-state index contributed by atoms with van der Waals surface area (Å²) in [7, 11) is 0. The molecule has 2 rings (SSSR count). The summed E-state index contributed by atoms with van der Waals surface area (Å²) in [5.41, 5.74) is -0.601. The molecule has 7 heteroatoms. The van der Waals surface area contributed by atoms with Crippen LogP contribution in [0.2, 0.25) is 0 Å². The Morgan fingerprint density at radius 2 is 2.30 bits per heavy atom. The Labute approximate surface area is 115 Å². The average Bonchev–Trinajstić information content (AvgIpc) is 2.78. The van der Waals surface area contributed by atoms with E-state index in [1.165, 1.54) is 4.90 Å². The van der Waals surface area contributed by atoms with Crippen LogP contribution in [-0.4, -0.2) is 40.0 Å². The van der Waals surface area contributed by atoms with E-state index in [4.69, 9.17) is 0 Å². The smallest absolute Gasteiger partial charge is 0.272 e. The van der Waals surface area contributed by atoms with E-state index in [9.17, 15) is 24.4 Å². The number of amides is 1. The molecule has 1 fully saturated rings. The van der Waals surface area contributed by atoms with Crippen molar-refractivity contribution < 1.29 is 19.2 Å². The van der Waals surface area contributed by atoms with Crippen molar-refractivity contribution in [1.82, 2.24) is 4.90 Å². The van der Waals surface area contributed by atoms with Crippen molar-refractivity contribution in [2.45, 2.75) is 19.4 Å². The molecule has 6 nitrogen and oxygen atoms in total. The number of rotatable bonds is 3. The van der Waals surface area contributed by atoms with Crippen molar-refractivity contribution in [3.63, 3.8) is 0 Å². The molecule has 1 amide bonds. The topological polar surface area (TPSA) is 83.7 Å². The Kier molecular flexibility index (Phi) is 3.99. The van der Waals surface area contributed by atoms with Gasteiger partial charge in [0.25, 0.3) is 11.6 Å². The molecule has 0 bridgehead atoms. The van der Waals surface area contributed by atoms with Gasteiger partial charge in [0.05, 0.1) is 29.2 Å². The van der Waals surface area contributed by atoms with Crippen molar-refractivity contribution in [3.8, 4) is 0 Å². The predicted molar refractivity (Wildman–Crippen MR) is 68.7 cm³/mol. The van der Waals surface area contributed by atoms with Gasteiger partial charge in [0, 0.05) is 12.6 Å². The van der Waals surface area contributed by atoms with Gasteiger partial charge in [-0.15, -0.1) is 0 Å². The zero-order valence-electron chi connectivity index (χ0n) is 11.0. The van der Waals surface area contributed by atoms with Crippen LogP contribution in [-0.2, 0) is 0 Å². The number of hydrogen-bond acceptors (Lipinski definition) is 4. The van der Waals surface area contributed by atoms with Gasteiger partial charge in [0.15, 0.2) is 0 Å². The molecule has 0 spiro atoms. The van der Waals surface area contributed by atoms with E-state index in [-0.39, 0.29) is 24.1 Å². The molecule has 1 saturated heterocycles. The lowest BCUT2D eigenvalue weighted by Gasteiger charge is -2.25. The molecule has 1 aromatic rings. The molecule has 0 saturated carbocycles. The summed E-state index contributed by atoms with van der Waals surface area (Å²) in [5.74, 6) is -1.31. The van der Waals surface area contributed by atoms with Crippen LogP contribution < -0.4 is 0 Å². The van der Waals surface area contributed by atoms with Crippen LogP contribution >= 0.6 is 0 Å². The van der Waals surface area contributed by atoms with Gasteiger partial charge in [0.2, 0.25) is 0 Å². The van der Waals surface area contributed by atoms with Crippen molar-refractivity contribution in [2.75, 3.05) is 13.2 Å². The Balaban J connectivity index is 2.28. The van der Waals surface area contributed by atoms with Gasteiger partial charge in [-0.3, -0.25) is 14.9 Å². The minimum atomic E-state index is -0.916. The number of aliphatic hydroxyl groups excluding tert-OH is 1. The van der Waals surface area contributed by atoms with Gasteiger partial charge in [-0.25, -0.2) is 4.39 Å². The lowest BCUT2D eigenvalue weighted by Crippen LogP contribution is -2.40. The maximum Gasteiger partial charge on any atom is 0.272 e. The molecule has 108 valence electrons. The fourth-order valence-corrected chi connectivity index (χ4v) is 2.48. The molecule has 1 aliphatic rings. The number of halogens is 1. The number of aliphatic hydroxyl groups is 1. The van der Waals surface area contributed by atoms with Crippen molar-refractivity contribution in [3.05, 3.63) is 39.7 Å². The fraction of sp³-hybridized carbons (Fsp3) is 0.462. The van der Waals surface area contributed by atoms with Crippen molar-refractivity contribution >= 4 is 11.6 Å². The number of nitro benzene ring substituents is 1. The van der Waals surface area contributed by atoms with Crippen molar-refractivity contribution in [1.29, 1.82) is 0 Å². The number of carbonyl (C=O) groups excluding carboxylic acids is 1. The molecule has 2 unspecified atom stereocenters. The van der Waals surface area contributed by atoms with E-state index in [1.54, 1.807) is 0 Å². The second-order valence-corrected chi connectivity index (χ2v) is 4.94. The number of benzene rings is 1. The van der Waals surface area contributed by atoms with Gasteiger partial charge in [-0.05, 0) is 18.4 Å². The summed E-state index contributed by atoms with van der Waals surface area (Å²) in [4.78, 5) is 23.5. The predicted octanol–water partition coefficient (Wildman–Crippen LogP) is 1.58. The quantitative estimate of drug-likeness (QED) is 0.674. The minimum Gasteiger partial charge on any atom is -0.394 e. The summed E-state index contributed by atoms with van der Waals surface area (Å²) >= 11 is 0. The monoisotopic (exact) mass is 282 g/mol. The van der Waals surface area contributed by atoms with Crippen LogP contribution in [0.15, 0.2) is 18.2 Å². The number of nitro groups is 1. The maximum absolute atomic E-state index is 13.8. The standard InChI is InChI=1S/C13H15FN2O4/c1-8-4-5-15(12(8)7-17)13(18)10-3-2-9(16(19)20)6-11(10)14/h2-3,6,8,12,17H,4-5,7H2,1H3. The first-order valence-electron chi connectivity index (χ1n) is 6.31. The Hall–Kier alpha value is -2.02. The number of non-ortho nitro benzene ring substituents is 1. The van der Waals surface area contributed by atoms with Crippen LogP contribution in [0, 0.1) is 21.8 Å². The summed E-state index contributed by atoms with van der Waals surface area (Å²) in [5, 5.41) is 19.9. The fourth-order valence-electron chi connectivity index (χ4n) is 2.48. The first-order chi connectivity index (χ1) is 9.45. The summed E-state index contributed by atoms with van der Waals surface area (Å²) in [6.45, 7) is 2.18. The third-order valence-corrected chi connectivity index (χ3v) is 3.72. The van der Waals surface area contributed by atoms with Gasteiger partial charge >= 0.3 is 0 Å². The lowest BCUT2D eigenvalue weighted by molar-refractivity contribution is -0.385.